The molecule has 2 aromatic carbocycles. The van der Waals surface area contributed by atoms with Crippen LogP contribution in [0.15, 0.2) is 18.2 Å². The van der Waals surface area contributed by atoms with E-state index in [9.17, 15) is 26.7 Å². The number of rotatable bonds is 8. The molecule has 0 saturated carbocycles. The summed E-state index contributed by atoms with van der Waals surface area (Å²) in [5, 5.41) is 2.19. The van der Waals surface area contributed by atoms with Gasteiger partial charge in [-0.3, -0.25) is 4.79 Å². The number of benzene rings is 2. The van der Waals surface area contributed by atoms with Gasteiger partial charge < -0.3 is 14.2 Å². The zero-order valence-electron chi connectivity index (χ0n) is 18.8. The summed E-state index contributed by atoms with van der Waals surface area (Å²) in [7, 11) is -3.87. The van der Waals surface area contributed by atoms with Crippen molar-refractivity contribution in [3.05, 3.63) is 58.4 Å². The van der Waals surface area contributed by atoms with Gasteiger partial charge in [0, 0.05) is 6.54 Å². The van der Waals surface area contributed by atoms with Gasteiger partial charge in [0.2, 0.25) is 22.5 Å². The van der Waals surface area contributed by atoms with Gasteiger partial charge in [-0.15, -0.1) is 0 Å². The maximum atomic E-state index is 13.8. The van der Waals surface area contributed by atoms with Crippen LogP contribution >= 0.6 is 0 Å². The third-order valence-corrected chi connectivity index (χ3v) is 5.64. The highest BCUT2D eigenvalue weighted by atomic mass is 28.4. The van der Waals surface area contributed by atoms with Gasteiger partial charge in [0.25, 0.3) is 5.91 Å². The fraction of sp³-hybridized carbons (Fsp3) is 0.381. The van der Waals surface area contributed by atoms with E-state index in [1.807, 2.05) is 39.3 Å². The average molecular weight is 492 g/mol. The summed E-state index contributed by atoms with van der Waals surface area (Å²) >= 11 is 0. The fourth-order valence-electron chi connectivity index (χ4n) is 2.74. The SMILES string of the molecule is C[Si](C)(C)Oc1ccc(CCNC(=O)c2c(F)c(F)c(F)c(F)c2F)cc1O[Si](C)(C)C. The van der Waals surface area contributed by atoms with E-state index in [1.54, 1.807) is 18.2 Å². The molecule has 0 bridgehead atoms. The monoisotopic (exact) mass is 491 g/mol. The summed E-state index contributed by atoms with van der Waals surface area (Å²) < 4.78 is 79.6. The maximum Gasteiger partial charge on any atom is 0.257 e. The highest BCUT2D eigenvalue weighted by Gasteiger charge is 2.29. The second-order valence-corrected chi connectivity index (χ2v) is 18.0. The average Bonchev–Trinajstić information content (AvgIpc) is 2.65. The van der Waals surface area contributed by atoms with Crippen LogP contribution in [0.2, 0.25) is 39.3 Å². The molecule has 2 rings (SSSR count). The first-order valence-corrected chi connectivity index (χ1v) is 16.7. The van der Waals surface area contributed by atoms with Crippen molar-refractivity contribution in [3.8, 4) is 11.5 Å². The number of hydrogen-bond acceptors (Lipinski definition) is 3. The number of hydrogen-bond donors (Lipinski definition) is 1. The van der Waals surface area contributed by atoms with Crippen molar-refractivity contribution < 1.29 is 35.6 Å². The second-order valence-electron chi connectivity index (χ2n) is 9.16. The van der Waals surface area contributed by atoms with Gasteiger partial charge >= 0.3 is 0 Å². The van der Waals surface area contributed by atoms with Gasteiger partial charge in [0.15, 0.2) is 23.3 Å². The van der Waals surface area contributed by atoms with E-state index >= 15 is 0 Å². The Kier molecular flexibility index (Phi) is 7.76. The van der Waals surface area contributed by atoms with Crippen LogP contribution in [0.25, 0.3) is 0 Å². The first kappa shape index (κ1) is 25.9. The number of nitrogens with one attached hydrogen (secondary N) is 1. The molecule has 2 aromatic rings. The molecule has 0 spiro atoms. The molecule has 0 radical (unpaired) electrons. The summed E-state index contributed by atoms with van der Waals surface area (Å²) in [4.78, 5) is 12.1. The van der Waals surface area contributed by atoms with Crippen molar-refractivity contribution in [2.24, 2.45) is 0 Å². The molecule has 1 N–H and O–H groups in total. The van der Waals surface area contributed by atoms with E-state index in [0.29, 0.717) is 11.5 Å². The van der Waals surface area contributed by atoms with Gasteiger partial charge in [-0.05, 0) is 63.4 Å². The van der Waals surface area contributed by atoms with Crippen LogP contribution < -0.4 is 14.2 Å². The van der Waals surface area contributed by atoms with E-state index in [1.165, 1.54) is 0 Å². The van der Waals surface area contributed by atoms with Crippen molar-refractivity contribution >= 4 is 22.5 Å². The maximum absolute atomic E-state index is 13.8. The topological polar surface area (TPSA) is 47.6 Å². The van der Waals surface area contributed by atoms with Gasteiger partial charge in [-0.1, -0.05) is 6.07 Å². The molecule has 1 amide bonds. The van der Waals surface area contributed by atoms with E-state index in [0.717, 1.165) is 5.56 Å². The minimum Gasteiger partial charge on any atom is -0.542 e. The Balaban J connectivity index is 2.18. The zero-order chi connectivity index (χ0) is 24.4. The molecule has 32 heavy (non-hydrogen) atoms. The lowest BCUT2D eigenvalue weighted by Gasteiger charge is -2.26. The Labute approximate surface area is 186 Å². The van der Waals surface area contributed by atoms with Crippen molar-refractivity contribution in [2.45, 2.75) is 45.7 Å². The third-order valence-electron chi connectivity index (χ3n) is 3.98. The molecule has 0 aliphatic rings. The predicted molar refractivity (Wildman–Crippen MR) is 117 cm³/mol. The van der Waals surface area contributed by atoms with Crippen molar-refractivity contribution in [1.82, 2.24) is 5.32 Å². The Bertz CT molecular complexity index is 991. The Morgan fingerprint density at radius 1 is 0.781 bits per heavy atom. The molecule has 0 aliphatic carbocycles. The van der Waals surface area contributed by atoms with Gasteiger partial charge in [0.1, 0.15) is 17.1 Å². The van der Waals surface area contributed by atoms with E-state index in [2.05, 4.69) is 5.32 Å². The van der Waals surface area contributed by atoms with Gasteiger partial charge in [-0.2, -0.15) is 0 Å². The van der Waals surface area contributed by atoms with Crippen LogP contribution in [-0.4, -0.2) is 29.1 Å². The lowest BCUT2D eigenvalue weighted by Crippen LogP contribution is -2.32. The standard InChI is InChI=1S/C21H26F5NO3Si2/c1-31(2,3)29-13-8-7-12(11-14(13)30-32(4,5)6)9-10-27-21(28)15-16(22)18(24)20(26)19(25)17(15)23/h7-8,11H,9-10H2,1-6H3,(H,27,28). The van der Waals surface area contributed by atoms with E-state index < -0.39 is 57.2 Å². The molecule has 176 valence electrons. The zero-order valence-corrected chi connectivity index (χ0v) is 20.8. The predicted octanol–water partition coefficient (Wildman–Crippen LogP) is 5.78. The first-order valence-electron chi connectivity index (χ1n) is 9.91. The molecule has 0 fully saturated rings. The molecule has 0 saturated heterocycles. The molecule has 0 aliphatic heterocycles. The molecular formula is C21H26F5NO3Si2. The van der Waals surface area contributed by atoms with Crippen molar-refractivity contribution in [2.75, 3.05) is 6.54 Å². The highest BCUT2D eigenvalue weighted by molar-refractivity contribution is 6.71. The van der Waals surface area contributed by atoms with E-state index in [4.69, 9.17) is 8.85 Å². The van der Waals surface area contributed by atoms with Gasteiger partial charge in [0.05, 0.1) is 0 Å². The van der Waals surface area contributed by atoms with Crippen LogP contribution in [-0.2, 0) is 6.42 Å². The minimum atomic E-state index is -2.31. The Morgan fingerprint density at radius 3 is 1.75 bits per heavy atom. The van der Waals surface area contributed by atoms with Crippen LogP contribution in [0.5, 0.6) is 11.5 Å². The van der Waals surface area contributed by atoms with Crippen molar-refractivity contribution in [3.63, 3.8) is 0 Å². The summed E-state index contributed by atoms with van der Waals surface area (Å²) in [6, 6.07) is 5.28. The minimum absolute atomic E-state index is 0.0983. The quantitative estimate of drug-likeness (QED) is 0.220. The van der Waals surface area contributed by atoms with Crippen LogP contribution in [0.1, 0.15) is 15.9 Å². The largest absolute Gasteiger partial charge is 0.542 e. The molecule has 0 unspecified atom stereocenters. The summed E-state index contributed by atoms with van der Waals surface area (Å²) in [6.45, 7) is 12.1. The smallest absolute Gasteiger partial charge is 0.257 e. The van der Waals surface area contributed by atoms with Crippen LogP contribution in [0.4, 0.5) is 22.0 Å². The van der Waals surface area contributed by atoms with Crippen LogP contribution in [0, 0.1) is 29.1 Å². The number of carbonyl (C=O) groups excluding carboxylic acids is 1. The van der Waals surface area contributed by atoms with E-state index in [-0.39, 0.29) is 13.0 Å². The number of amides is 1. The molecule has 0 heterocycles. The van der Waals surface area contributed by atoms with Crippen molar-refractivity contribution in [1.29, 1.82) is 0 Å². The molecular weight excluding hydrogens is 465 g/mol. The fourth-order valence-corrected chi connectivity index (χ4v) is 4.39. The third kappa shape index (κ3) is 6.55. The number of halogens is 5. The molecule has 0 atom stereocenters. The normalized spacial score (nSPS) is 12.0. The molecule has 11 heteroatoms. The molecule has 4 nitrogen and oxygen atoms in total. The van der Waals surface area contributed by atoms with Gasteiger partial charge in [-0.25, -0.2) is 22.0 Å². The first-order chi connectivity index (χ1) is 14.6. The summed E-state index contributed by atoms with van der Waals surface area (Å²) in [5.41, 5.74) is -0.776. The highest BCUT2D eigenvalue weighted by Crippen LogP contribution is 2.33. The summed E-state index contributed by atoms with van der Waals surface area (Å²) in [6.07, 6.45) is 0.233. The number of carbonyl (C=O) groups is 1. The lowest BCUT2D eigenvalue weighted by molar-refractivity contribution is 0.0942. The Hall–Kier alpha value is -2.41. The lowest BCUT2D eigenvalue weighted by atomic mass is 10.1. The van der Waals surface area contributed by atoms with Crippen LogP contribution in [0.3, 0.4) is 0 Å². The molecule has 0 aromatic heterocycles. The summed E-state index contributed by atoms with van der Waals surface area (Å²) in [5.74, 6) is -11.2. The second kappa shape index (κ2) is 9.61. The Morgan fingerprint density at radius 2 is 1.25 bits per heavy atom.